The lowest BCUT2D eigenvalue weighted by Gasteiger charge is -2.12. The topological polar surface area (TPSA) is 77.2 Å². The van der Waals surface area contributed by atoms with Crippen LogP contribution in [0.2, 0.25) is 0 Å². The Morgan fingerprint density at radius 3 is 2.50 bits per heavy atom. The third-order valence-electron chi connectivity index (χ3n) is 3.99. The molecular weight excluding hydrogens is 330 g/mol. The van der Waals surface area contributed by atoms with E-state index in [-0.39, 0.29) is 11.9 Å². The molecule has 0 saturated heterocycles. The predicted octanol–water partition coefficient (Wildman–Crippen LogP) is 3.48. The number of rotatable bonds is 6. The zero-order valence-corrected chi connectivity index (χ0v) is 15.0. The van der Waals surface area contributed by atoms with E-state index in [4.69, 9.17) is 9.15 Å². The second-order valence-corrected chi connectivity index (χ2v) is 6.13. The summed E-state index contributed by atoms with van der Waals surface area (Å²) in [6.07, 6.45) is 0. The third-order valence-corrected chi connectivity index (χ3v) is 3.99. The number of nitrogens with one attached hydrogen (secondary N) is 1. The van der Waals surface area contributed by atoms with Crippen molar-refractivity contribution in [3.63, 3.8) is 0 Å². The van der Waals surface area contributed by atoms with Gasteiger partial charge in [0, 0.05) is 29.8 Å². The molecule has 0 saturated carbocycles. The molecule has 6 nitrogen and oxygen atoms in total. The molecule has 1 N–H and O–H groups in total. The maximum absolute atomic E-state index is 12.2. The minimum Gasteiger partial charge on any atom is -0.416 e. The zero-order valence-electron chi connectivity index (χ0n) is 15.0. The largest absolute Gasteiger partial charge is 0.416 e. The quantitative estimate of drug-likeness (QED) is 0.736. The molecule has 0 aliphatic carbocycles. The SMILES string of the molecule is COCC(C)NC(=O)c1ccc(-c2nnc(-c3ccccc3C)o2)cc1. The third kappa shape index (κ3) is 3.97. The van der Waals surface area contributed by atoms with Gasteiger partial charge in [-0.2, -0.15) is 0 Å². The van der Waals surface area contributed by atoms with Crippen molar-refractivity contribution in [2.75, 3.05) is 13.7 Å². The maximum Gasteiger partial charge on any atom is 0.251 e. The minimum absolute atomic E-state index is 0.0558. The molecule has 1 aromatic heterocycles. The van der Waals surface area contributed by atoms with E-state index >= 15 is 0 Å². The van der Waals surface area contributed by atoms with Crippen LogP contribution in [0.15, 0.2) is 52.9 Å². The van der Waals surface area contributed by atoms with E-state index in [2.05, 4.69) is 15.5 Å². The highest BCUT2D eigenvalue weighted by Crippen LogP contribution is 2.26. The number of hydrogen-bond acceptors (Lipinski definition) is 5. The normalized spacial score (nSPS) is 12.0. The fraction of sp³-hybridized carbons (Fsp3) is 0.250. The molecule has 0 spiro atoms. The van der Waals surface area contributed by atoms with Crippen LogP contribution in [0, 0.1) is 6.92 Å². The van der Waals surface area contributed by atoms with E-state index < -0.39 is 0 Å². The summed E-state index contributed by atoms with van der Waals surface area (Å²) in [4.78, 5) is 12.2. The number of ether oxygens (including phenoxy) is 1. The van der Waals surface area contributed by atoms with Gasteiger partial charge in [-0.3, -0.25) is 4.79 Å². The highest BCUT2D eigenvalue weighted by molar-refractivity contribution is 5.94. The lowest BCUT2D eigenvalue weighted by atomic mass is 10.1. The van der Waals surface area contributed by atoms with E-state index in [9.17, 15) is 4.79 Å². The molecule has 6 heteroatoms. The summed E-state index contributed by atoms with van der Waals surface area (Å²) in [6, 6.07) is 14.9. The van der Waals surface area contributed by atoms with Gasteiger partial charge < -0.3 is 14.5 Å². The Labute approximate surface area is 152 Å². The van der Waals surface area contributed by atoms with Gasteiger partial charge in [0.1, 0.15) is 0 Å². The molecule has 134 valence electrons. The van der Waals surface area contributed by atoms with Crippen molar-refractivity contribution in [2.45, 2.75) is 19.9 Å². The molecule has 1 atom stereocenters. The molecule has 26 heavy (non-hydrogen) atoms. The Morgan fingerprint density at radius 1 is 1.12 bits per heavy atom. The zero-order chi connectivity index (χ0) is 18.5. The van der Waals surface area contributed by atoms with E-state index in [1.807, 2.05) is 38.1 Å². The first-order valence-electron chi connectivity index (χ1n) is 8.38. The number of aromatic nitrogens is 2. The van der Waals surface area contributed by atoms with Crippen LogP contribution in [0.1, 0.15) is 22.8 Å². The molecule has 0 radical (unpaired) electrons. The average molecular weight is 351 g/mol. The smallest absolute Gasteiger partial charge is 0.251 e. The van der Waals surface area contributed by atoms with Gasteiger partial charge in [0.2, 0.25) is 11.8 Å². The van der Waals surface area contributed by atoms with Gasteiger partial charge in [0.05, 0.1) is 6.61 Å². The summed E-state index contributed by atoms with van der Waals surface area (Å²) < 4.78 is 10.8. The summed E-state index contributed by atoms with van der Waals surface area (Å²) in [5.41, 5.74) is 3.31. The van der Waals surface area contributed by atoms with Crippen LogP contribution in [-0.2, 0) is 4.74 Å². The molecule has 1 unspecified atom stereocenters. The lowest BCUT2D eigenvalue weighted by Crippen LogP contribution is -2.35. The first kappa shape index (κ1) is 17.8. The number of carbonyl (C=O) groups excluding carboxylic acids is 1. The lowest BCUT2D eigenvalue weighted by molar-refractivity contribution is 0.0905. The molecule has 3 aromatic rings. The maximum atomic E-state index is 12.2. The average Bonchev–Trinajstić information content (AvgIpc) is 3.12. The number of carbonyl (C=O) groups is 1. The molecule has 0 fully saturated rings. The van der Waals surface area contributed by atoms with Crippen LogP contribution in [-0.4, -0.2) is 35.9 Å². The Balaban J connectivity index is 1.75. The number of amides is 1. The van der Waals surface area contributed by atoms with E-state index in [1.165, 1.54) is 0 Å². The molecule has 3 rings (SSSR count). The summed E-state index contributed by atoms with van der Waals surface area (Å²) in [5, 5.41) is 11.1. The Kier molecular flexibility index (Phi) is 5.43. The van der Waals surface area contributed by atoms with Gasteiger partial charge in [-0.05, 0) is 49.7 Å². The molecule has 0 bridgehead atoms. The van der Waals surface area contributed by atoms with Crippen LogP contribution in [0.4, 0.5) is 0 Å². The minimum atomic E-state index is -0.146. The van der Waals surface area contributed by atoms with Crippen molar-refractivity contribution < 1.29 is 13.9 Å². The summed E-state index contributed by atoms with van der Waals surface area (Å²) in [5.74, 6) is 0.753. The highest BCUT2D eigenvalue weighted by Gasteiger charge is 2.14. The van der Waals surface area contributed by atoms with Crippen LogP contribution in [0.5, 0.6) is 0 Å². The van der Waals surface area contributed by atoms with Crippen molar-refractivity contribution in [1.29, 1.82) is 0 Å². The van der Waals surface area contributed by atoms with Gasteiger partial charge in [0.15, 0.2) is 0 Å². The van der Waals surface area contributed by atoms with E-state index in [0.717, 1.165) is 16.7 Å². The van der Waals surface area contributed by atoms with Crippen molar-refractivity contribution in [3.05, 3.63) is 59.7 Å². The summed E-state index contributed by atoms with van der Waals surface area (Å²) >= 11 is 0. The number of hydrogen-bond donors (Lipinski definition) is 1. The molecule has 0 aliphatic heterocycles. The van der Waals surface area contributed by atoms with E-state index in [1.54, 1.807) is 31.4 Å². The van der Waals surface area contributed by atoms with Crippen LogP contribution in [0.3, 0.4) is 0 Å². The highest BCUT2D eigenvalue weighted by atomic mass is 16.5. The van der Waals surface area contributed by atoms with Crippen molar-refractivity contribution >= 4 is 5.91 Å². The van der Waals surface area contributed by atoms with Gasteiger partial charge in [-0.15, -0.1) is 10.2 Å². The van der Waals surface area contributed by atoms with Gasteiger partial charge in [0.25, 0.3) is 5.91 Å². The van der Waals surface area contributed by atoms with Gasteiger partial charge in [-0.1, -0.05) is 18.2 Å². The molecule has 1 amide bonds. The fourth-order valence-electron chi connectivity index (χ4n) is 2.62. The molecule has 0 aliphatic rings. The number of benzene rings is 2. The Hall–Kier alpha value is -2.99. The molecule has 1 heterocycles. The number of methoxy groups -OCH3 is 1. The second kappa shape index (κ2) is 7.93. The molecular formula is C20H21N3O3. The molecule has 2 aromatic carbocycles. The Morgan fingerprint density at radius 2 is 1.81 bits per heavy atom. The summed E-state index contributed by atoms with van der Waals surface area (Å²) in [7, 11) is 1.60. The van der Waals surface area contributed by atoms with Gasteiger partial charge in [-0.25, -0.2) is 0 Å². The number of nitrogens with zero attached hydrogens (tertiary/aromatic N) is 2. The first-order chi connectivity index (χ1) is 12.6. The van der Waals surface area contributed by atoms with Crippen LogP contribution in [0.25, 0.3) is 22.9 Å². The fourth-order valence-corrected chi connectivity index (χ4v) is 2.62. The van der Waals surface area contributed by atoms with Gasteiger partial charge >= 0.3 is 0 Å². The number of aryl methyl sites for hydroxylation is 1. The monoisotopic (exact) mass is 351 g/mol. The Bertz CT molecular complexity index is 887. The second-order valence-electron chi connectivity index (χ2n) is 6.13. The van der Waals surface area contributed by atoms with Crippen LogP contribution >= 0.6 is 0 Å². The van der Waals surface area contributed by atoms with Crippen molar-refractivity contribution in [3.8, 4) is 22.9 Å². The predicted molar refractivity (Wildman–Crippen MR) is 98.7 cm³/mol. The van der Waals surface area contributed by atoms with E-state index in [0.29, 0.717) is 24.0 Å². The van der Waals surface area contributed by atoms with Crippen molar-refractivity contribution in [1.82, 2.24) is 15.5 Å². The standard InChI is InChI=1S/C20H21N3O3/c1-13-6-4-5-7-17(13)20-23-22-19(26-20)16-10-8-15(9-11-16)18(24)21-14(2)12-25-3/h4-11,14H,12H2,1-3H3,(H,21,24). The van der Waals surface area contributed by atoms with Crippen LogP contribution < -0.4 is 5.32 Å². The first-order valence-corrected chi connectivity index (χ1v) is 8.38. The van der Waals surface area contributed by atoms with Crippen molar-refractivity contribution in [2.24, 2.45) is 0 Å². The summed E-state index contributed by atoms with van der Waals surface area (Å²) in [6.45, 7) is 4.35.